The van der Waals surface area contributed by atoms with Gasteiger partial charge >= 0.3 is 17.9 Å². The van der Waals surface area contributed by atoms with Gasteiger partial charge in [-0.15, -0.1) is 0 Å². The third-order valence-corrected chi connectivity index (χ3v) is 4.13. The molecule has 7 heteroatoms. The second-order valence-corrected chi connectivity index (χ2v) is 5.98. The molecule has 1 saturated heterocycles. The van der Waals surface area contributed by atoms with Gasteiger partial charge in [-0.25, -0.2) is 4.79 Å². The molecule has 1 heterocycles. The van der Waals surface area contributed by atoms with Gasteiger partial charge in [0.1, 0.15) is 0 Å². The van der Waals surface area contributed by atoms with Gasteiger partial charge in [0.25, 0.3) is 0 Å². The molecule has 0 aromatic carbocycles. The minimum Gasteiger partial charge on any atom is -0.450 e. The van der Waals surface area contributed by atoms with Crippen LogP contribution in [0, 0.1) is 0 Å². The first kappa shape index (κ1) is 20.3. The summed E-state index contributed by atoms with van der Waals surface area (Å²) in [6.45, 7) is 9.05. The summed E-state index contributed by atoms with van der Waals surface area (Å²) < 4.78 is 4.96. The number of ether oxygens (including phenoxy) is 1. The van der Waals surface area contributed by atoms with E-state index < -0.39 is 11.8 Å². The largest absolute Gasteiger partial charge is 0.450 e. The molecular weight excluding hydrogens is 310 g/mol. The lowest BCUT2D eigenvalue weighted by Gasteiger charge is -2.34. The van der Waals surface area contributed by atoms with Crippen LogP contribution in [0.15, 0.2) is 0 Å². The molecule has 0 aromatic rings. The van der Waals surface area contributed by atoms with E-state index in [-0.39, 0.29) is 6.09 Å². The normalized spacial score (nSPS) is 14.5. The van der Waals surface area contributed by atoms with Crippen molar-refractivity contribution in [2.45, 2.75) is 46.5 Å². The van der Waals surface area contributed by atoms with Gasteiger partial charge in [-0.3, -0.25) is 9.59 Å². The molecule has 0 atom stereocenters. The minimum absolute atomic E-state index is 0.334. The summed E-state index contributed by atoms with van der Waals surface area (Å²) in [4.78, 5) is 41.4. The van der Waals surface area contributed by atoms with Gasteiger partial charge in [-0.2, -0.15) is 0 Å². The van der Waals surface area contributed by atoms with E-state index in [1.807, 2.05) is 0 Å². The third-order valence-electron chi connectivity index (χ3n) is 4.13. The first-order valence-electron chi connectivity index (χ1n) is 9.04. The van der Waals surface area contributed by atoms with Crippen LogP contribution in [0.5, 0.6) is 0 Å². The summed E-state index contributed by atoms with van der Waals surface area (Å²) >= 11 is 0. The van der Waals surface area contributed by atoms with Crippen LogP contribution >= 0.6 is 0 Å². The molecule has 0 bridgehead atoms. The molecular formula is C17H31N3O4. The van der Waals surface area contributed by atoms with Crippen molar-refractivity contribution in [1.29, 1.82) is 0 Å². The Morgan fingerprint density at radius 2 is 1.38 bits per heavy atom. The lowest BCUT2D eigenvalue weighted by molar-refractivity contribution is -0.152. The molecule has 3 amide bonds. The summed E-state index contributed by atoms with van der Waals surface area (Å²) in [5.74, 6) is -0.868. The second kappa shape index (κ2) is 10.9. The second-order valence-electron chi connectivity index (χ2n) is 5.98. The summed E-state index contributed by atoms with van der Waals surface area (Å²) in [6, 6.07) is 0. The van der Waals surface area contributed by atoms with Crippen molar-refractivity contribution in [3.63, 3.8) is 0 Å². The smallest absolute Gasteiger partial charge is 0.409 e. The Hall–Kier alpha value is -1.79. The van der Waals surface area contributed by atoms with E-state index in [1.54, 1.807) is 21.6 Å². The maximum Gasteiger partial charge on any atom is 0.409 e. The zero-order valence-electron chi connectivity index (χ0n) is 15.3. The fraction of sp³-hybridized carbons (Fsp3) is 0.824. The third kappa shape index (κ3) is 6.02. The molecule has 0 aliphatic carbocycles. The van der Waals surface area contributed by atoms with Crippen LogP contribution in [0.3, 0.4) is 0 Å². The zero-order valence-corrected chi connectivity index (χ0v) is 15.3. The van der Waals surface area contributed by atoms with Crippen LogP contribution in [0.25, 0.3) is 0 Å². The highest BCUT2D eigenvalue weighted by molar-refractivity contribution is 6.34. The number of unbranched alkanes of at least 4 members (excludes halogenated alkanes) is 2. The lowest BCUT2D eigenvalue weighted by atomic mass is 10.2. The van der Waals surface area contributed by atoms with Crippen LogP contribution in [-0.2, 0) is 14.3 Å². The average Bonchev–Trinajstić information content (AvgIpc) is 2.61. The van der Waals surface area contributed by atoms with Crippen molar-refractivity contribution in [3.05, 3.63) is 0 Å². The van der Waals surface area contributed by atoms with E-state index in [4.69, 9.17) is 4.74 Å². The van der Waals surface area contributed by atoms with Gasteiger partial charge in [0.15, 0.2) is 0 Å². The molecule has 24 heavy (non-hydrogen) atoms. The van der Waals surface area contributed by atoms with Crippen molar-refractivity contribution in [1.82, 2.24) is 14.7 Å². The van der Waals surface area contributed by atoms with Crippen LogP contribution in [0.1, 0.15) is 46.5 Å². The standard InChI is InChI=1S/C17H31N3O4/c1-4-7-9-18(10-8-5-2)15(21)16(22)19-11-13-20(14-12-19)17(23)24-6-3/h4-14H2,1-3H3. The van der Waals surface area contributed by atoms with Gasteiger partial charge in [0.2, 0.25) is 0 Å². The Balaban J connectivity index is 2.55. The van der Waals surface area contributed by atoms with E-state index in [0.29, 0.717) is 45.9 Å². The van der Waals surface area contributed by atoms with Crippen molar-refractivity contribution in [2.24, 2.45) is 0 Å². The van der Waals surface area contributed by atoms with E-state index >= 15 is 0 Å². The number of amides is 3. The lowest BCUT2D eigenvalue weighted by Crippen LogP contribution is -2.54. The van der Waals surface area contributed by atoms with E-state index in [9.17, 15) is 14.4 Å². The van der Waals surface area contributed by atoms with E-state index in [2.05, 4.69) is 13.8 Å². The van der Waals surface area contributed by atoms with Crippen LogP contribution < -0.4 is 0 Å². The van der Waals surface area contributed by atoms with Gasteiger partial charge < -0.3 is 19.4 Å². The molecule has 0 unspecified atom stereocenters. The molecule has 1 aliphatic heterocycles. The molecule has 0 saturated carbocycles. The SMILES string of the molecule is CCCCN(CCCC)C(=O)C(=O)N1CCN(C(=O)OCC)CC1. The average molecular weight is 341 g/mol. The van der Waals surface area contributed by atoms with Crippen molar-refractivity contribution in [3.8, 4) is 0 Å². The summed E-state index contributed by atoms with van der Waals surface area (Å²) in [5, 5.41) is 0. The Morgan fingerprint density at radius 1 is 0.875 bits per heavy atom. The maximum atomic E-state index is 12.5. The van der Waals surface area contributed by atoms with Gasteiger partial charge in [0.05, 0.1) is 6.61 Å². The highest BCUT2D eigenvalue weighted by Crippen LogP contribution is 2.07. The first-order valence-corrected chi connectivity index (χ1v) is 9.04. The highest BCUT2D eigenvalue weighted by Gasteiger charge is 2.30. The minimum atomic E-state index is -0.453. The number of nitrogens with zero attached hydrogens (tertiary/aromatic N) is 3. The van der Waals surface area contributed by atoms with Crippen molar-refractivity contribution >= 4 is 17.9 Å². The highest BCUT2D eigenvalue weighted by atomic mass is 16.6. The van der Waals surface area contributed by atoms with Crippen molar-refractivity contribution < 1.29 is 19.1 Å². The molecule has 138 valence electrons. The molecule has 1 fully saturated rings. The van der Waals surface area contributed by atoms with E-state index in [0.717, 1.165) is 25.7 Å². The topological polar surface area (TPSA) is 70.2 Å². The van der Waals surface area contributed by atoms with Crippen molar-refractivity contribution in [2.75, 3.05) is 45.9 Å². The number of piperazine rings is 1. The fourth-order valence-electron chi connectivity index (χ4n) is 2.59. The molecule has 1 aliphatic rings. The molecule has 7 nitrogen and oxygen atoms in total. The summed E-state index contributed by atoms with van der Waals surface area (Å²) in [7, 11) is 0. The number of hydrogen-bond donors (Lipinski definition) is 0. The Bertz CT molecular complexity index is 412. The Morgan fingerprint density at radius 3 is 1.83 bits per heavy atom. The molecule has 0 aromatic heterocycles. The Labute approximate surface area is 144 Å². The van der Waals surface area contributed by atoms with Gasteiger partial charge in [-0.1, -0.05) is 26.7 Å². The fourth-order valence-corrected chi connectivity index (χ4v) is 2.59. The van der Waals surface area contributed by atoms with Gasteiger partial charge in [-0.05, 0) is 19.8 Å². The Kier molecular flexibility index (Phi) is 9.19. The van der Waals surface area contributed by atoms with Crippen LogP contribution in [-0.4, -0.2) is 78.5 Å². The summed E-state index contributed by atoms with van der Waals surface area (Å²) in [6.07, 6.45) is 3.42. The number of rotatable bonds is 7. The monoisotopic (exact) mass is 341 g/mol. The quantitative estimate of drug-likeness (QED) is 0.661. The maximum absolute atomic E-state index is 12.5. The predicted molar refractivity (Wildman–Crippen MR) is 91.6 cm³/mol. The molecule has 0 N–H and O–H groups in total. The molecule has 0 spiro atoms. The number of carbonyl (C=O) groups excluding carboxylic acids is 3. The predicted octanol–water partition coefficient (Wildman–Crippen LogP) is 1.72. The molecule has 1 rings (SSSR count). The number of hydrogen-bond acceptors (Lipinski definition) is 4. The van der Waals surface area contributed by atoms with Gasteiger partial charge in [0, 0.05) is 39.3 Å². The zero-order chi connectivity index (χ0) is 17.9. The van der Waals surface area contributed by atoms with Crippen LogP contribution in [0.2, 0.25) is 0 Å². The number of carbonyl (C=O) groups is 3. The van der Waals surface area contributed by atoms with E-state index in [1.165, 1.54) is 0 Å². The van der Waals surface area contributed by atoms with Crippen LogP contribution in [0.4, 0.5) is 4.79 Å². The summed E-state index contributed by atoms with van der Waals surface area (Å²) in [5.41, 5.74) is 0. The molecule has 0 radical (unpaired) electrons. The first-order chi connectivity index (χ1) is 11.5.